The third-order valence-electron chi connectivity index (χ3n) is 4.65. The van der Waals surface area contributed by atoms with E-state index < -0.39 is 10.8 Å². The van der Waals surface area contributed by atoms with E-state index in [2.05, 4.69) is 10.1 Å². The zero-order valence-electron chi connectivity index (χ0n) is 15.6. The highest BCUT2D eigenvalue weighted by atomic mass is 35.5. The molecule has 1 aromatic heterocycles. The minimum Gasteiger partial charge on any atom is -0.254 e. The van der Waals surface area contributed by atoms with E-state index >= 15 is 0 Å². The molecular formula is C22H16Cl3N3OS. The molecule has 4 rings (SSSR count). The highest BCUT2D eigenvalue weighted by Gasteiger charge is 2.24. The predicted octanol–water partition coefficient (Wildman–Crippen LogP) is 6.45. The number of benzene rings is 3. The highest BCUT2D eigenvalue weighted by Crippen LogP contribution is 2.33. The lowest BCUT2D eigenvalue weighted by Gasteiger charge is -2.18. The maximum absolute atomic E-state index is 13.5. The van der Waals surface area contributed by atoms with Gasteiger partial charge >= 0.3 is 0 Å². The monoisotopic (exact) mass is 475 g/mol. The van der Waals surface area contributed by atoms with Crippen molar-refractivity contribution >= 4 is 45.6 Å². The third kappa shape index (κ3) is 4.76. The van der Waals surface area contributed by atoms with Gasteiger partial charge in [-0.25, -0.2) is 4.98 Å². The van der Waals surface area contributed by atoms with Crippen LogP contribution in [0.3, 0.4) is 0 Å². The van der Waals surface area contributed by atoms with Crippen LogP contribution in [0.4, 0.5) is 0 Å². The number of nitrogens with zero attached hydrogens (tertiary/aromatic N) is 3. The Morgan fingerprint density at radius 3 is 2.10 bits per heavy atom. The quantitative estimate of drug-likeness (QED) is 0.321. The van der Waals surface area contributed by atoms with Crippen molar-refractivity contribution in [2.24, 2.45) is 0 Å². The summed E-state index contributed by atoms with van der Waals surface area (Å²) in [6, 6.07) is 20.6. The Bertz CT molecular complexity index is 1160. The average molecular weight is 477 g/mol. The summed E-state index contributed by atoms with van der Waals surface area (Å²) >= 11 is 18.3. The lowest BCUT2D eigenvalue weighted by atomic mass is 10.0. The maximum atomic E-state index is 13.5. The van der Waals surface area contributed by atoms with Crippen molar-refractivity contribution < 1.29 is 4.21 Å². The van der Waals surface area contributed by atoms with Gasteiger partial charge in [0.2, 0.25) is 0 Å². The summed E-state index contributed by atoms with van der Waals surface area (Å²) in [6.45, 7) is 0.395. The van der Waals surface area contributed by atoms with Crippen LogP contribution in [0.2, 0.25) is 15.1 Å². The molecule has 0 spiro atoms. The van der Waals surface area contributed by atoms with Gasteiger partial charge in [0.05, 0.1) is 32.5 Å². The van der Waals surface area contributed by atoms with E-state index in [9.17, 15) is 4.21 Å². The largest absolute Gasteiger partial charge is 0.254 e. The zero-order valence-corrected chi connectivity index (χ0v) is 18.7. The minimum absolute atomic E-state index is 0.371. The first-order valence-electron chi connectivity index (χ1n) is 9.05. The van der Waals surface area contributed by atoms with Crippen molar-refractivity contribution in [3.8, 4) is 11.1 Å². The fourth-order valence-electron chi connectivity index (χ4n) is 3.12. The molecule has 0 bridgehead atoms. The van der Waals surface area contributed by atoms with Crippen molar-refractivity contribution in [2.45, 2.75) is 16.7 Å². The Morgan fingerprint density at radius 2 is 1.50 bits per heavy atom. The molecule has 152 valence electrons. The molecule has 0 fully saturated rings. The normalized spacial score (nSPS) is 13.2. The number of rotatable bonds is 6. The van der Waals surface area contributed by atoms with E-state index in [-0.39, 0.29) is 5.25 Å². The van der Waals surface area contributed by atoms with Gasteiger partial charge in [-0.1, -0.05) is 71.2 Å². The third-order valence-corrected chi connectivity index (χ3v) is 7.29. The second kappa shape index (κ2) is 9.31. The molecule has 0 radical (unpaired) electrons. The van der Waals surface area contributed by atoms with E-state index in [4.69, 9.17) is 34.8 Å². The molecular weight excluding hydrogens is 461 g/mol. The second-order valence-electron chi connectivity index (χ2n) is 6.61. The van der Waals surface area contributed by atoms with Crippen molar-refractivity contribution in [3.63, 3.8) is 0 Å². The minimum atomic E-state index is -1.43. The van der Waals surface area contributed by atoms with Crippen LogP contribution in [0.1, 0.15) is 10.8 Å². The van der Waals surface area contributed by atoms with Crippen LogP contribution in [0.15, 0.2) is 84.3 Å². The maximum Gasteiger partial charge on any atom is 0.137 e. The van der Waals surface area contributed by atoms with Crippen LogP contribution >= 0.6 is 34.8 Å². The molecule has 0 aliphatic heterocycles. The van der Waals surface area contributed by atoms with E-state index in [1.165, 1.54) is 6.33 Å². The standard InChI is InChI=1S/C22H16Cl3N3OS/c23-18-7-5-16(6-8-18)15-1-3-17(4-2-15)22(12-28-14-26-13-27-28)30(29)21-10-9-19(24)11-20(21)25/h1-11,13-14,22H,12H2. The first-order chi connectivity index (χ1) is 14.5. The summed E-state index contributed by atoms with van der Waals surface area (Å²) < 4.78 is 15.2. The van der Waals surface area contributed by atoms with Gasteiger partial charge in [0.15, 0.2) is 0 Å². The van der Waals surface area contributed by atoms with Crippen molar-refractivity contribution in [3.05, 3.63) is 100 Å². The Kier molecular flexibility index (Phi) is 6.54. The van der Waals surface area contributed by atoms with E-state index in [1.54, 1.807) is 29.2 Å². The summed E-state index contributed by atoms with van der Waals surface area (Å²) in [4.78, 5) is 4.52. The van der Waals surface area contributed by atoms with Gasteiger partial charge < -0.3 is 0 Å². The molecule has 8 heteroatoms. The molecule has 1 heterocycles. The van der Waals surface area contributed by atoms with Gasteiger partial charge in [-0.3, -0.25) is 8.89 Å². The summed E-state index contributed by atoms with van der Waals surface area (Å²) in [5.74, 6) is 0. The highest BCUT2D eigenvalue weighted by molar-refractivity contribution is 7.85. The molecule has 0 saturated carbocycles. The van der Waals surface area contributed by atoms with Crippen molar-refractivity contribution in [1.29, 1.82) is 0 Å². The number of halogens is 3. The number of aromatic nitrogens is 3. The van der Waals surface area contributed by atoms with E-state index in [0.717, 1.165) is 16.7 Å². The molecule has 2 unspecified atom stereocenters. The molecule has 0 N–H and O–H groups in total. The summed E-state index contributed by atoms with van der Waals surface area (Å²) in [5.41, 5.74) is 3.01. The van der Waals surface area contributed by atoms with Crippen LogP contribution in [-0.4, -0.2) is 19.0 Å². The smallest absolute Gasteiger partial charge is 0.137 e. The van der Waals surface area contributed by atoms with Crippen LogP contribution in [0.5, 0.6) is 0 Å². The van der Waals surface area contributed by atoms with Crippen LogP contribution in [-0.2, 0) is 17.3 Å². The molecule has 4 nitrogen and oxygen atoms in total. The summed E-state index contributed by atoms with van der Waals surface area (Å²) in [6.07, 6.45) is 3.06. The van der Waals surface area contributed by atoms with Gasteiger partial charge in [0.25, 0.3) is 0 Å². The first-order valence-corrected chi connectivity index (χ1v) is 11.4. The fourth-order valence-corrected chi connectivity index (χ4v) is 5.33. The van der Waals surface area contributed by atoms with Crippen LogP contribution < -0.4 is 0 Å². The molecule has 30 heavy (non-hydrogen) atoms. The van der Waals surface area contributed by atoms with E-state index in [1.807, 2.05) is 48.5 Å². The Balaban J connectivity index is 1.68. The number of hydrogen-bond donors (Lipinski definition) is 0. The lowest BCUT2D eigenvalue weighted by molar-refractivity contribution is 0.585. The number of hydrogen-bond acceptors (Lipinski definition) is 3. The summed E-state index contributed by atoms with van der Waals surface area (Å²) in [7, 11) is -1.43. The Morgan fingerprint density at radius 1 is 0.867 bits per heavy atom. The summed E-state index contributed by atoms with van der Waals surface area (Å²) in [5, 5.41) is 5.37. The molecule has 3 aromatic carbocycles. The molecule has 0 aliphatic carbocycles. The van der Waals surface area contributed by atoms with Crippen molar-refractivity contribution in [1.82, 2.24) is 14.8 Å². The van der Waals surface area contributed by atoms with Gasteiger partial charge in [-0.2, -0.15) is 5.10 Å². The molecule has 2 atom stereocenters. The molecule has 0 saturated heterocycles. The lowest BCUT2D eigenvalue weighted by Crippen LogP contribution is -2.15. The molecule has 0 amide bonds. The zero-order chi connectivity index (χ0) is 21.1. The first kappa shape index (κ1) is 21.1. The molecule has 4 aromatic rings. The van der Waals surface area contributed by atoms with Gasteiger partial charge in [-0.15, -0.1) is 0 Å². The fraction of sp³-hybridized carbons (Fsp3) is 0.0909. The average Bonchev–Trinajstić information content (AvgIpc) is 3.26. The molecule has 0 aliphatic rings. The second-order valence-corrected chi connectivity index (χ2v) is 9.49. The van der Waals surface area contributed by atoms with Gasteiger partial charge in [0.1, 0.15) is 12.7 Å². The van der Waals surface area contributed by atoms with Crippen LogP contribution in [0.25, 0.3) is 11.1 Å². The van der Waals surface area contributed by atoms with Crippen LogP contribution in [0, 0.1) is 0 Å². The van der Waals surface area contributed by atoms with E-state index in [0.29, 0.717) is 26.5 Å². The predicted molar refractivity (Wildman–Crippen MR) is 123 cm³/mol. The SMILES string of the molecule is O=S(c1ccc(Cl)cc1Cl)C(Cn1cncn1)c1ccc(-c2ccc(Cl)cc2)cc1. The van der Waals surface area contributed by atoms with Gasteiger partial charge in [0, 0.05) is 10.0 Å². The Labute approximate surface area is 191 Å². The van der Waals surface area contributed by atoms with Gasteiger partial charge in [-0.05, 0) is 47.0 Å². The topological polar surface area (TPSA) is 47.8 Å². The Hall–Kier alpha value is -2.18. The van der Waals surface area contributed by atoms with Crippen molar-refractivity contribution in [2.75, 3.05) is 0 Å².